The van der Waals surface area contributed by atoms with E-state index in [2.05, 4.69) is 39.8 Å². The van der Waals surface area contributed by atoms with E-state index >= 15 is 0 Å². The summed E-state index contributed by atoms with van der Waals surface area (Å²) in [5, 5.41) is 0.337. The molecule has 0 aliphatic carbocycles. The summed E-state index contributed by atoms with van der Waals surface area (Å²) in [6.45, 7) is 12.5. The fourth-order valence-electron chi connectivity index (χ4n) is 1.76. The lowest BCUT2D eigenvalue weighted by Gasteiger charge is -2.36. The average molecular weight is 283 g/mol. The van der Waals surface area contributed by atoms with Gasteiger partial charge in [0, 0.05) is 13.0 Å². The molecule has 0 heterocycles. The molecule has 0 spiro atoms. The average Bonchev–Trinajstić information content (AvgIpc) is 2.30. The standard InChI is InChI=1S/C17H34OSi/c1-7-8-9-10-11-12-13-14-15-16-18-19(5,6)17(2,3)4/h1H,8-16H2,2-6H3. The smallest absolute Gasteiger partial charge is 0.191 e. The summed E-state index contributed by atoms with van der Waals surface area (Å²) in [5.41, 5.74) is 0. The Balaban J connectivity index is 3.39. The first-order valence-electron chi connectivity index (χ1n) is 7.89. The molecule has 2 heteroatoms. The van der Waals surface area contributed by atoms with Crippen molar-refractivity contribution in [3.63, 3.8) is 0 Å². The molecule has 1 nitrogen and oxygen atoms in total. The summed E-state index contributed by atoms with van der Waals surface area (Å²) < 4.78 is 6.17. The topological polar surface area (TPSA) is 9.23 Å². The van der Waals surface area contributed by atoms with Gasteiger partial charge in [0.15, 0.2) is 8.32 Å². The van der Waals surface area contributed by atoms with Crippen LogP contribution in [0.25, 0.3) is 0 Å². The molecule has 0 aromatic carbocycles. The molecule has 0 rings (SSSR count). The molecular formula is C17H34OSi. The summed E-state index contributed by atoms with van der Waals surface area (Å²) in [4.78, 5) is 0. The maximum absolute atomic E-state index is 6.17. The molecular weight excluding hydrogens is 248 g/mol. The van der Waals surface area contributed by atoms with E-state index in [4.69, 9.17) is 10.8 Å². The minimum absolute atomic E-state index is 0.337. The van der Waals surface area contributed by atoms with Crippen LogP contribution in [0.5, 0.6) is 0 Å². The maximum atomic E-state index is 6.17. The molecule has 0 fully saturated rings. The van der Waals surface area contributed by atoms with Crippen LogP contribution in [0.1, 0.15) is 72.1 Å². The Morgan fingerprint density at radius 3 is 1.84 bits per heavy atom. The lowest BCUT2D eigenvalue weighted by molar-refractivity contribution is 0.277. The van der Waals surface area contributed by atoms with Crippen LogP contribution in [0.2, 0.25) is 18.1 Å². The Hall–Kier alpha value is -0.263. The zero-order valence-corrected chi connectivity index (χ0v) is 14.8. The third kappa shape index (κ3) is 9.30. The van der Waals surface area contributed by atoms with E-state index in [0.717, 1.165) is 13.0 Å². The van der Waals surface area contributed by atoms with E-state index in [9.17, 15) is 0 Å². The van der Waals surface area contributed by atoms with Gasteiger partial charge in [-0.2, -0.15) is 0 Å². The minimum atomic E-state index is -1.51. The van der Waals surface area contributed by atoms with Crippen LogP contribution in [-0.2, 0) is 4.43 Å². The van der Waals surface area contributed by atoms with Crippen molar-refractivity contribution < 1.29 is 4.43 Å². The second-order valence-corrected chi connectivity index (χ2v) is 11.8. The van der Waals surface area contributed by atoms with Gasteiger partial charge in [-0.05, 0) is 31.0 Å². The van der Waals surface area contributed by atoms with E-state index in [1.807, 2.05) is 0 Å². The highest BCUT2D eigenvalue weighted by Gasteiger charge is 2.36. The van der Waals surface area contributed by atoms with Crippen LogP contribution in [0.4, 0.5) is 0 Å². The van der Waals surface area contributed by atoms with Gasteiger partial charge in [0.2, 0.25) is 0 Å². The zero-order chi connectivity index (χ0) is 14.8. The first-order chi connectivity index (χ1) is 8.81. The molecule has 0 bridgehead atoms. The number of hydrogen-bond acceptors (Lipinski definition) is 1. The fraction of sp³-hybridized carbons (Fsp3) is 0.882. The van der Waals surface area contributed by atoms with E-state index in [1.54, 1.807) is 0 Å². The summed E-state index contributed by atoms with van der Waals surface area (Å²) in [6.07, 6.45) is 15.2. The molecule has 0 aliphatic heterocycles. The molecule has 19 heavy (non-hydrogen) atoms. The number of hydrogen-bond donors (Lipinski definition) is 0. The highest BCUT2D eigenvalue weighted by molar-refractivity contribution is 6.74. The van der Waals surface area contributed by atoms with Crippen molar-refractivity contribution in [1.82, 2.24) is 0 Å². The molecule has 0 aliphatic rings. The van der Waals surface area contributed by atoms with Crippen LogP contribution < -0.4 is 0 Å². The molecule has 0 saturated heterocycles. The third-order valence-electron chi connectivity index (χ3n) is 4.23. The molecule has 0 atom stereocenters. The van der Waals surface area contributed by atoms with Gasteiger partial charge in [-0.25, -0.2) is 0 Å². The van der Waals surface area contributed by atoms with Gasteiger partial charge in [-0.1, -0.05) is 52.9 Å². The van der Waals surface area contributed by atoms with E-state index in [0.29, 0.717) is 5.04 Å². The van der Waals surface area contributed by atoms with Crippen molar-refractivity contribution in [2.45, 2.75) is 90.3 Å². The van der Waals surface area contributed by atoms with E-state index in [-0.39, 0.29) is 0 Å². The van der Waals surface area contributed by atoms with Gasteiger partial charge in [0.25, 0.3) is 0 Å². The largest absolute Gasteiger partial charge is 0.417 e. The SMILES string of the molecule is C#CCCCCCCCCCO[Si](C)(C)C(C)(C)C. The molecule has 0 amide bonds. The summed E-state index contributed by atoms with van der Waals surface area (Å²) in [6, 6.07) is 0. The summed E-state index contributed by atoms with van der Waals surface area (Å²) >= 11 is 0. The van der Waals surface area contributed by atoms with Crippen molar-refractivity contribution in [2.24, 2.45) is 0 Å². The van der Waals surface area contributed by atoms with Crippen molar-refractivity contribution in [1.29, 1.82) is 0 Å². The van der Waals surface area contributed by atoms with Crippen LogP contribution in [0.3, 0.4) is 0 Å². The molecule has 0 radical (unpaired) electrons. The van der Waals surface area contributed by atoms with Gasteiger partial charge in [0.05, 0.1) is 0 Å². The molecule has 0 N–H and O–H groups in total. The molecule has 0 saturated carbocycles. The van der Waals surface area contributed by atoms with Crippen molar-refractivity contribution >= 4 is 8.32 Å². The summed E-state index contributed by atoms with van der Waals surface area (Å²) in [7, 11) is -1.51. The van der Waals surface area contributed by atoms with Crippen molar-refractivity contribution in [2.75, 3.05) is 6.61 Å². The third-order valence-corrected chi connectivity index (χ3v) is 8.77. The lowest BCUT2D eigenvalue weighted by Crippen LogP contribution is -2.40. The lowest BCUT2D eigenvalue weighted by atomic mass is 10.1. The maximum Gasteiger partial charge on any atom is 0.191 e. The Kier molecular flexibility index (Phi) is 9.48. The number of terminal acetylenes is 1. The number of unbranched alkanes of at least 4 members (excludes halogenated alkanes) is 7. The monoisotopic (exact) mass is 282 g/mol. The number of rotatable bonds is 10. The van der Waals surface area contributed by atoms with Crippen LogP contribution in [-0.4, -0.2) is 14.9 Å². The van der Waals surface area contributed by atoms with E-state index in [1.165, 1.54) is 44.9 Å². The fourth-order valence-corrected chi connectivity index (χ4v) is 2.84. The Morgan fingerprint density at radius 1 is 0.895 bits per heavy atom. The van der Waals surface area contributed by atoms with Crippen LogP contribution in [0.15, 0.2) is 0 Å². The Morgan fingerprint density at radius 2 is 1.37 bits per heavy atom. The Labute approximate surface area is 122 Å². The van der Waals surface area contributed by atoms with Crippen molar-refractivity contribution in [3.05, 3.63) is 0 Å². The molecule has 0 aromatic heterocycles. The zero-order valence-electron chi connectivity index (χ0n) is 13.8. The van der Waals surface area contributed by atoms with Gasteiger partial charge >= 0.3 is 0 Å². The first kappa shape index (κ1) is 18.7. The van der Waals surface area contributed by atoms with Crippen LogP contribution >= 0.6 is 0 Å². The van der Waals surface area contributed by atoms with Gasteiger partial charge < -0.3 is 4.43 Å². The molecule has 112 valence electrons. The molecule has 0 aromatic rings. The van der Waals surface area contributed by atoms with Crippen molar-refractivity contribution in [3.8, 4) is 12.3 Å². The molecule has 0 unspecified atom stereocenters. The predicted molar refractivity (Wildman–Crippen MR) is 88.9 cm³/mol. The van der Waals surface area contributed by atoms with Gasteiger partial charge in [0.1, 0.15) is 0 Å². The minimum Gasteiger partial charge on any atom is -0.417 e. The first-order valence-corrected chi connectivity index (χ1v) is 10.8. The van der Waals surface area contributed by atoms with Gasteiger partial charge in [-0.15, -0.1) is 12.3 Å². The Bertz CT molecular complexity index is 257. The highest BCUT2D eigenvalue weighted by atomic mass is 28.4. The quantitative estimate of drug-likeness (QED) is 0.281. The highest BCUT2D eigenvalue weighted by Crippen LogP contribution is 2.36. The summed E-state index contributed by atoms with van der Waals surface area (Å²) in [5.74, 6) is 2.70. The van der Waals surface area contributed by atoms with Gasteiger partial charge in [-0.3, -0.25) is 0 Å². The second kappa shape index (κ2) is 9.61. The normalized spacial score (nSPS) is 12.4. The second-order valence-electron chi connectivity index (χ2n) is 7.04. The predicted octanol–water partition coefficient (Wildman–Crippen LogP) is 5.76. The van der Waals surface area contributed by atoms with E-state index < -0.39 is 8.32 Å². The van der Waals surface area contributed by atoms with Crippen LogP contribution in [0, 0.1) is 12.3 Å².